The van der Waals surface area contributed by atoms with E-state index in [-0.39, 0.29) is 6.09 Å². The van der Waals surface area contributed by atoms with Crippen molar-refractivity contribution in [2.24, 2.45) is 0 Å². The predicted octanol–water partition coefficient (Wildman–Crippen LogP) is 1.74. The number of amides is 1. The highest BCUT2D eigenvalue weighted by atomic mass is 16.6. The second kappa shape index (κ2) is 6.74. The van der Waals surface area contributed by atoms with Gasteiger partial charge in [0.05, 0.1) is 18.6 Å². The number of carbonyl (C=O) groups is 1. The van der Waals surface area contributed by atoms with Gasteiger partial charge in [0.25, 0.3) is 0 Å². The van der Waals surface area contributed by atoms with Crippen molar-refractivity contribution >= 4 is 6.09 Å². The second-order valence-corrected chi connectivity index (χ2v) is 5.35. The van der Waals surface area contributed by atoms with E-state index in [0.717, 1.165) is 32.7 Å². The summed E-state index contributed by atoms with van der Waals surface area (Å²) in [5, 5.41) is 0. The molecule has 6 heteroatoms. The van der Waals surface area contributed by atoms with Crippen LogP contribution in [0.1, 0.15) is 32.5 Å². The number of rotatable bonds is 4. The van der Waals surface area contributed by atoms with Crippen molar-refractivity contribution < 1.29 is 9.53 Å². The molecule has 2 rings (SSSR count). The molecule has 1 aromatic rings. The van der Waals surface area contributed by atoms with Crippen LogP contribution < -0.4 is 0 Å². The van der Waals surface area contributed by atoms with E-state index < -0.39 is 0 Å². The lowest BCUT2D eigenvalue weighted by molar-refractivity contribution is 0.0771. The van der Waals surface area contributed by atoms with Crippen molar-refractivity contribution in [3.63, 3.8) is 0 Å². The van der Waals surface area contributed by atoms with Crippen molar-refractivity contribution in [3.05, 3.63) is 18.2 Å². The number of imidazole rings is 1. The molecule has 0 aromatic carbocycles. The van der Waals surface area contributed by atoms with Crippen molar-refractivity contribution in [3.8, 4) is 0 Å². The Hall–Kier alpha value is -1.56. The van der Waals surface area contributed by atoms with E-state index in [2.05, 4.69) is 28.3 Å². The van der Waals surface area contributed by atoms with E-state index in [1.165, 1.54) is 5.69 Å². The van der Waals surface area contributed by atoms with Gasteiger partial charge in [0.15, 0.2) is 0 Å². The summed E-state index contributed by atoms with van der Waals surface area (Å²) < 4.78 is 7.22. The maximum atomic E-state index is 11.6. The summed E-state index contributed by atoms with van der Waals surface area (Å²) in [4.78, 5) is 20.0. The highest BCUT2D eigenvalue weighted by Gasteiger charge is 2.22. The summed E-state index contributed by atoms with van der Waals surface area (Å²) >= 11 is 0. The molecule has 6 nitrogen and oxygen atoms in total. The van der Waals surface area contributed by atoms with Crippen LogP contribution in [0, 0.1) is 0 Å². The first kappa shape index (κ1) is 14.8. The van der Waals surface area contributed by atoms with Gasteiger partial charge >= 0.3 is 6.09 Å². The van der Waals surface area contributed by atoms with Gasteiger partial charge in [-0.3, -0.25) is 4.90 Å². The van der Waals surface area contributed by atoms with E-state index >= 15 is 0 Å². The fourth-order valence-corrected chi connectivity index (χ4v) is 2.45. The predicted molar refractivity (Wildman–Crippen MR) is 76.5 cm³/mol. The monoisotopic (exact) mass is 280 g/mol. The summed E-state index contributed by atoms with van der Waals surface area (Å²) in [5.74, 6) is 0. The number of aromatic nitrogens is 2. The third kappa shape index (κ3) is 3.50. The molecule has 0 spiro atoms. The van der Waals surface area contributed by atoms with E-state index in [1.807, 2.05) is 19.4 Å². The van der Waals surface area contributed by atoms with Gasteiger partial charge in [0.1, 0.15) is 0 Å². The first-order valence-corrected chi connectivity index (χ1v) is 7.26. The normalized spacial score (nSPS) is 16.7. The third-order valence-corrected chi connectivity index (χ3v) is 3.59. The Labute approximate surface area is 120 Å². The zero-order chi connectivity index (χ0) is 14.5. The quantitative estimate of drug-likeness (QED) is 0.843. The molecule has 0 bridgehead atoms. The van der Waals surface area contributed by atoms with E-state index in [1.54, 1.807) is 4.90 Å². The van der Waals surface area contributed by atoms with Gasteiger partial charge in [-0.05, 0) is 20.8 Å². The molecule has 0 aliphatic carbocycles. The molecule has 20 heavy (non-hydrogen) atoms. The Kier molecular flexibility index (Phi) is 5.00. The van der Waals surface area contributed by atoms with Crippen LogP contribution in [-0.4, -0.2) is 58.2 Å². The van der Waals surface area contributed by atoms with E-state index in [9.17, 15) is 4.79 Å². The summed E-state index contributed by atoms with van der Waals surface area (Å²) in [5.41, 5.74) is 1.23. The Morgan fingerprint density at radius 2 is 2.05 bits per heavy atom. The molecule has 1 aliphatic rings. The lowest BCUT2D eigenvalue weighted by Crippen LogP contribution is -2.48. The number of piperazine rings is 1. The van der Waals surface area contributed by atoms with Crippen LogP contribution in [0.25, 0.3) is 0 Å². The molecule has 0 N–H and O–H groups in total. The van der Waals surface area contributed by atoms with Crippen LogP contribution in [0.3, 0.4) is 0 Å². The lowest BCUT2D eigenvalue weighted by atomic mass is 10.3. The number of nitrogens with zero attached hydrogens (tertiary/aromatic N) is 4. The molecule has 1 aliphatic heterocycles. The first-order chi connectivity index (χ1) is 9.61. The summed E-state index contributed by atoms with van der Waals surface area (Å²) in [6.07, 6.45) is 3.62. The van der Waals surface area contributed by atoms with Gasteiger partial charge in [-0.1, -0.05) is 0 Å². The molecule has 1 aromatic heterocycles. The molecule has 1 fully saturated rings. The Bertz CT molecular complexity index is 436. The number of ether oxygens (including phenoxy) is 1. The largest absolute Gasteiger partial charge is 0.450 e. The van der Waals surface area contributed by atoms with Gasteiger partial charge in [-0.2, -0.15) is 0 Å². The first-order valence-electron chi connectivity index (χ1n) is 7.26. The zero-order valence-corrected chi connectivity index (χ0v) is 12.6. The second-order valence-electron chi connectivity index (χ2n) is 5.35. The average molecular weight is 280 g/mol. The van der Waals surface area contributed by atoms with Gasteiger partial charge in [-0.15, -0.1) is 0 Å². The molecule has 0 unspecified atom stereocenters. The molecular formula is C14H24N4O2. The van der Waals surface area contributed by atoms with Crippen molar-refractivity contribution in [1.82, 2.24) is 19.4 Å². The molecular weight excluding hydrogens is 256 g/mol. The fourth-order valence-electron chi connectivity index (χ4n) is 2.45. The van der Waals surface area contributed by atoms with Crippen LogP contribution in [0.15, 0.2) is 12.5 Å². The van der Waals surface area contributed by atoms with Gasteiger partial charge in [-0.25, -0.2) is 9.78 Å². The standard InChI is InChI=1S/C14H24N4O2/c1-4-20-14(19)17-7-5-16(6-8-17)10-13-9-15-11-18(13)12(2)3/h9,11-12H,4-8,10H2,1-3H3. The van der Waals surface area contributed by atoms with Gasteiger partial charge in [0, 0.05) is 45.0 Å². The molecule has 2 heterocycles. The molecule has 0 radical (unpaired) electrons. The third-order valence-electron chi connectivity index (χ3n) is 3.59. The summed E-state index contributed by atoms with van der Waals surface area (Å²) in [6, 6.07) is 0.424. The number of hydrogen-bond acceptors (Lipinski definition) is 4. The van der Waals surface area contributed by atoms with Gasteiger partial charge < -0.3 is 14.2 Å². The Morgan fingerprint density at radius 1 is 1.35 bits per heavy atom. The smallest absolute Gasteiger partial charge is 0.409 e. The minimum Gasteiger partial charge on any atom is -0.450 e. The molecule has 1 amide bonds. The van der Waals surface area contributed by atoms with Crippen LogP contribution in [0.4, 0.5) is 4.79 Å². The van der Waals surface area contributed by atoms with Crippen LogP contribution >= 0.6 is 0 Å². The molecule has 1 saturated heterocycles. The molecule has 0 atom stereocenters. The topological polar surface area (TPSA) is 50.6 Å². The highest BCUT2D eigenvalue weighted by Crippen LogP contribution is 2.13. The lowest BCUT2D eigenvalue weighted by Gasteiger charge is -2.34. The minimum absolute atomic E-state index is 0.195. The van der Waals surface area contributed by atoms with Gasteiger partial charge in [0.2, 0.25) is 0 Å². The Morgan fingerprint density at radius 3 is 2.65 bits per heavy atom. The van der Waals surface area contributed by atoms with Crippen LogP contribution in [0.2, 0.25) is 0 Å². The summed E-state index contributed by atoms with van der Waals surface area (Å²) in [7, 11) is 0. The number of carbonyl (C=O) groups excluding carboxylic acids is 1. The average Bonchev–Trinajstić information content (AvgIpc) is 2.88. The summed E-state index contributed by atoms with van der Waals surface area (Å²) in [6.45, 7) is 10.7. The van der Waals surface area contributed by atoms with Crippen LogP contribution in [0.5, 0.6) is 0 Å². The Balaban J connectivity index is 1.85. The van der Waals surface area contributed by atoms with E-state index in [0.29, 0.717) is 12.6 Å². The molecule has 112 valence electrons. The zero-order valence-electron chi connectivity index (χ0n) is 12.6. The maximum absolute atomic E-state index is 11.6. The molecule has 0 saturated carbocycles. The van der Waals surface area contributed by atoms with E-state index in [4.69, 9.17) is 4.74 Å². The van der Waals surface area contributed by atoms with Crippen molar-refractivity contribution in [2.75, 3.05) is 32.8 Å². The van der Waals surface area contributed by atoms with Crippen molar-refractivity contribution in [2.45, 2.75) is 33.4 Å². The van der Waals surface area contributed by atoms with Crippen LogP contribution in [-0.2, 0) is 11.3 Å². The van der Waals surface area contributed by atoms with Crippen molar-refractivity contribution in [1.29, 1.82) is 0 Å². The number of hydrogen-bond donors (Lipinski definition) is 0. The maximum Gasteiger partial charge on any atom is 0.409 e. The minimum atomic E-state index is -0.195. The highest BCUT2D eigenvalue weighted by molar-refractivity contribution is 5.67. The SMILES string of the molecule is CCOC(=O)N1CCN(Cc2cncn2C(C)C)CC1. The fraction of sp³-hybridized carbons (Fsp3) is 0.714.